The van der Waals surface area contributed by atoms with Crippen molar-refractivity contribution in [2.45, 2.75) is 83.1 Å². The first kappa shape index (κ1) is 29.7. The van der Waals surface area contributed by atoms with Crippen LogP contribution in [0, 0.1) is 11.8 Å². The van der Waals surface area contributed by atoms with Crippen LogP contribution in [0.25, 0.3) is 0 Å². The number of likely N-dealkylation sites (tertiary alicyclic amines) is 1. The van der Waals surface area contributed by atoms with Crippen molar-refractivity contribution in [3.8, 4) is 0 Å². The van der Waals surface area contributed by atoms with Crippen LogP contribution in [0.5, 0.6) is 0 Å². The van der Waals surface area contributed by atoms with Gasteiger partial charge in [0.25, 0.3) is 0 Å². The summed E-state index contributed by atoms with van der Waals surface area (Å²) in [6.07, 6.45) is 11.2. The fourth-order valence-electron chi connectivity index (χ4n) is 6.33. The third-order valence-electron chi connectivity index (χ3n) is 8.77. The number of amides is 3. The maximum atomic E-state index is 13.8. The molecule has 3 aliphatic rings. The SMILES string of the molecule is CC(C[C@@H]1CC(=O)N([C@@](C)(C(=O)NCCC2=CCC(=S(=O)=O)C=C2)C2CCCCC2)C1=O)c1ccc(NO)cc1. The van der Waals surface area contributed by atoms with Gasteiger partial charge in [-0.25, -0.2) is 0 Å². The van der Waals surface area contributed by atoms with E-state index in [1.807, 2.05) is 25.1 Å². The molecule has 1 unspecified atom stereocenters. The van der Waals surface area contributed by atoms with E-state index in [0.29, 0.717) is 36.4 Å². The molecular weight excluding hydrogens is 530 g/mol. The lowest BCUT2D eigenvalue weighted by molar-refractivity contribution is -0.158. The van der Waals surface area contributed by atoms with Crippen LogP contribution in [0.15, 0.2) is 48.1 Å². The lowest BCUT2D eigenvalue weighted by Gasteiger charge is -2.44. The van der Waals surface area contributed by atoms with E-state index < -0.39 is 21.8 Å². The Balaban J connectivity index is 1.47. The van der Waals surface area contributed by atoms with Crippen LogP contribution in [0.4, 0.5) is 5.69 Å². The van der Waals surface area contributed by atoms with Gasteiger partial charge in [-0.15, -0.1) is 0 Å². The van der Waals surface area contributed by atoms with Gasteiger partial charge in [0, 0.05) is 25.3 Å². The molecule has 1 saturated heterocycles. The molecule has 216 valence electrons. The second kappa shape index (κ2) is 13.0. The number of carbonyl (C=O) groups is 3. The van der Waals surface area contributed by atoms with Gasteiger partial charge in [0.15, 0.2) is 0 Å². The van der Waals surface area contributed by atoms with E-state index in [-0.39, 0.29) is 36.0 Å². The molecule has 1 saturated carbocycles. The first-order valence-corrected chi connectivity index (χ1v) is 15.2. The predicted molar refractivity (Wildman–Crippen MR) is 153 cm³/mol. The fraction of sp³-hybridized carbons (Fsp3) is 0.533. The molecule has 1 heterocycles. The van der Waals surface area contributed by atoms with E-state index in [1.165, 1.54) is 4.90 Å². The fourth-order valence-corrected chi connectivity index (χ4v) is 6.72. The van der Waals surface area contributed by atoms with Crippen LogP contribution < -0.4 is 10.8 Å². The molecule has 4 rings (SSSR count). The molecular formula is C30H39N3O6S. The number of carbonyl (C=O) groups excluding carboxylic acids is 3. The zero-order chi connectivity index (χ0) is 28.9. The number of allylic oxidation sites excluding steroid dienone is 3. The highest BCUT2D eigenvalue weighted by atomic mass is 32.2. The van der Waals surface area contributed by atoms with Gasteiger partial charge in [-0.2, -0.15) is 8.42 Å². The quantitative estimate of drug-likeness (QED) is 0.219. The van der Waals surface area contributed by atoms with Gasteiger partial charge in [-0.3, -0.25) is 30.0 Å². The van der Waals surface area contributed by atoms with Crippen molar-refractivity contribution < 1.29 is 28.0 Å². The van der Waals surface area contributed by atoms with Crippen molar-refractivity contribution in [1.29, 1.82) is 0 Å². The molecule has 1 aliphatic heterocycles. The Morgan fingerprint density at radius 3 is 2.42 bits per heavy atom. The Bertz CT molecular complexity index is 1320. The maximum absolute atomic E-state index is 13.8. The summed E-state index contributed by atoms with van der Waals surface area (Å²) in [4.78, 5) is 42.6. The van der Waals surface area contributed by atoms with E-state index in [1.54, 1.807) is 31.2 Å². The van der Waals surface area contributed by atoms with Gasteiger partial charge >= 0.3 is 0 Å². The van der Waals surface area contributed by atoms with Crippen molar-refractivity contribution in [3.05, 3.63) is 53.6 Å². The van der Waals surface area contributed by atoms with Crippen LogP contribution >= 0.6 is 0 Å². The van der Waals surface area contributed by atoms with E-state index in [0.717, 1.165) is 43.2 Å². The monoisotopic (exact) mass is 569 g/mol. The molecule has 0 spiro atoms. The third kappa shape index (κ3) is 6.39. The molecule has 0 bridgehead atoms. The van der Waals surface area contributed by atoms with Crippen molar-refractivity contribution >= 4 is 38.6 Å². The Labute approximate surface area is 237 Å². The summed E-state index contributed by atoms with van der Waals surface area (Å²) >= 11 is 0. The minimum atomic E-state index is -2.24. The molecule has 1 aromatic carbocycles. The Kier molecular flexibility index (Phi) is 9.63. The average molecular weight is 570 g/mol. The van der Waals surface area contributed by atoms with E-state index in [4.69, 9.17) is 5.21 Å². The number of rotatable bonds is 10. The van der Waals surface area contributed by atoms with Gasteiger partial charge < -0.3 is 5.32 Å². The highest BCUT2D eigenvalue weighted by Crippen LogP contribution is 2.42. The molecule has 3 N–H and O–H groups in total. The van der Waals surface area contributed by atoms with Crippen molar-refractivity contribution in [2.75, 3.05) is 12.0 Å². The first-order valence-electron chi connectivity index (χ1n) is 14.1. The topological polar surface area (TPSA) is 133 Å². The molecule has 40 heavy (non-hydrogen) atoms. The first-order chi connectivity index (χ1) is 19.1. The summed E-state index contributed by atoms with van der Waals surface area (Å²) in [6, 6.07) is 7.28. The number of benzene rings is 1. The number of hydrogen-bond acceptors (Lipinski definition) is 7. The summed E-state index contributed by atoms with van der Waals surface area (Å²) in [7, 11) is -2.24. The largest absolute Gasteiger partial charge is 0.354 e. The minimum absolute atomic E-state index is 0.0119. The molecule has 9 nitrogen and oxygen atoms in total. The number of nitrogens with one attached hydrogen (secondary N) is 2. The standard InChI is InChI=1S/C30H39N3O6S/c1-20(22-10-12-25(32-37)13-11-22)18-23-19-27(34)33(28(23)35)30(2,24-6-4-3-5-7-24)29(36)31-17-16-21-8-14-26(15-9-21)40(38)39/h8-14,20,23-24,32,37H,3-7,15-19H2,1-2H3,(H,31,36)/t20?,23-,30-/m1/s1. The second-order valence-electron chi connectivity index (χ2n) is 11.3. The van der Waals surface area contributed by atoms with Gasteiger partial charge in [0.1, 0.15) is 5.54 Å². The van der Waals surface area contributed by atoms with Crippen LogP contribution in [0.3, 0.4) is 0 Å². The Morgan fingerprint density at radius 2 is 1.82 bits per heavy atom. The molecule has 2 aliphatic carbocycles. The van der Waals surface area contributed by atoms with E-state index in [2.05, 4.69) is 10.8 Å². The molecule has 3 atom stereocenters. The molecule has 1 aromatic rings. The van der Waals surface area contributed by atoms with Crippen molar-refractivity contribution in [1.82, 2.24) is 10.2 Å². The molecule has 3 amide bonds. The summed E-state index contributed by atoms with van der Waals surface area (Å²) in [5, 5.41) is 12.1. The highest BCUT2D eigenvalue weighted by molar-refractivity contribution is 7.73. The summed E-state index contributed by atoms with van der Waals surface area (Å²) in [5.41, 5.74) is 3.35. The normalized spacial score (nSPS) is 22.1. The minimum Gasteiger partial charge on any atom is -0.354 e. The zero-order valence-corrected chi connectivity index (χ0v) is 24.0. The van der Waals surface area contributed by atoms with Crippen LogP contribution in [0.2, 0.25) is 0 Å². The molecule has 0 aromatic heterocycles. The lowest BCUT2D eigenvalue weighted by atomic mass is 9.74. The lowest BCUT2D eigenvalue weighted by Crippen LogP contribution is -2.63. The van der Waals surface area contributed by atoms with Gasteiger partial charge in [0.05, 0.1) is 10.6 Å². The number of anilines is 1. The van der Waals surface area contributed by atoms with Crippen molar-refractivity contribution in [2.24, 2.45) is 11.8 Å². The van der Waals surface area contributed by atoms with Crippen LogP contribution in [0.1, 0.15) is 83.1 Å². The number of imide groups is 1. The third-order valence-corrected chi connectivity index (χ3v) is 9.50. The van der Waals surface area contributed by atoms with Crippen LogP contribution in [-0.4, -0.2) is 53.2 Å². The second-order valence-corrected chi connectivity index (χ2v) is 12.3. The summed E-state index contributed by atoms with van der Waals surface area (Å²) in [6.45, 7) is 4.09. The smallest absolute Gasteiger partial charge is 0.246 e. The molecule has 2 fully saturated rings. The van der Waals surface area contributed by atoms with Crippen LogP contribution in [-0.2, 0) is 24.7 Å². The summed E-state index contributed by atoms with van der Waals surface area (Å²) in [5.74, 6) is -1.48. The van der Waals surface area contributed by atoms with Gasteiger partial charge in [-0.1, -0.05) is 50.5 Å². The average Bonchev–Trinajstić information content (AvgIpc) is 3.25. The number of hydrogen-bond donors (Lipinski definition) is 3. The van der Waals surface area contributed by atoms with E-state index >= 15 is 0 Å². The highest BCUT2D eigenvalue weighted by Gasteiger charge is 2.55. The number of nitrogens with zero attached hydrogens (tertiary/aromatic N) is 1. The Hall–Kier alpha value is -3.24. The van der Waals surface area contributed by atoms with Gasteiger partial charge in [-0.05, 0) is 73.8 Å². The van der Waals surface area contributed by atoms with Crippen molar-refractivity contribution in [3.63, 3.8) is 0 Å². The maximum Gasteiger partial charge on any atom is 0.246 e. The van der Waals surface area contributed by atoms with Gasteiger partial charge in [0.2, 0.25) is 28.0 Å². The summed E-state index contributed by atoms with van der Waals surface area (Å²) < 4.78 is 22.3. The Morgan fingerprint density at radius 1 is 1.12 bits per heavy atom. The zero-order valence-electron chi connectivity index (χ0n) is 23.2. The molecule has 0 radical (unpaired) electrons. The predicted octanol–water partition coefficient (Wildman–Crippen LogP) is 4.14. The molecule has 10 heteroatoms. The van der Waals surface area contributed by atoms with E-state index in [9.17, 15) is 22.8 Å².